The summed E-state index contributed by atoms with van der Waals surface area (Å²) in [5.74, 6) is -1.46. The van der Waals surface area contributed by atoms with E-state index in [2.05, 4.69) is 37.2 Å². The average molecular weight is 475 g/mol. The lowest BCUT2D eigenvalue weighted by Gasteiger charge is -2.14. The van der Waals surface area contributed by atoms with E-state index in [4.69, 9.17) is 9.47 Å². The van der Waals surface area contributed by atoms with Crippen molar-refractivity contribution in [3.63, 3.8) is 0 Å². The van der Waals surface area contributed by atoms with Crippen LogP contribution in [0.15, 0.2) is 51.4 Å². The second-order valence-corrected chi connectivity index (χ2v) is 6.82. The summed E-state index contributed by atoms with van der Waals surface area (Å²) in [5.41, 5.74) is 0.00137. The standard InChI is InChI=1S/C17H14Br2FNO4/c1-10(17(23)21-15-6-5-12(19)8-14(15)20)25-16(22)9-24-13-4-2-3-11(18)7-13/h2-8,10H,9H2,1H3,(H,21,23). The molecule has 25 heavy (non-hydrogen) atoms. The summed E-state index contributed by atoms with van der Waals surface area (Å²) in [5, 5.41) is 2.36. The molecule has 0 bridgehead atoms. The molecule has 1 N–H and O–H groups in total. The highest BCUT2D eigenvalue weighted by atomic mass is 79.9. The fourth-order valence-corrected chi connectivity index (χ4v) is 2.52. The lowest BCUT2D eigenvalue weighted by atomic mass is 10.3. The molecular formula is C17H14Br2FNO4. The largest absolute Gasteiger partial charge is 0.482 e. The smallest absolute Gasteiger partial charge is 0.344 e. The van der Waals surface area contributed by atoms with Gasteiger partial charge in [-0.3, -0.25) is 4.79 Å². The Morgan fingerprint density at radius 1 is 1.16 bits per heavy atom. The van der Waals surface area contributed by atoms with Crippen molar-refractivity contribution >= 4 is 49.4 Å². The van der Waals surface area contributed by atoms with Gasteiger partial charge in [0, 0.05) is 8.95 Å². The van der Waals surface area contributed by atoms with Gasteiger partial charge in [0.15, 0.2) is 12.7 Å². The molecule has 2 aromatic carbocycles. The molecule has 0 spiro atoms. The van der Waals surface area contributed by atoms with E-state index in [-0.39, 0.29) is 12.3 Å². The summed E-state index contributed by atoms with van der Waals surface area (Å²) in [6.45, 7) is 1.05. The molecule has 1 atom stereocenters. The summed E-state index contributed by atoms with van der Waals surface area (Å²) < 4.78 is 25.3. The van der Waals surface area contributed by atoms with E-state index < -0.39 is 23.8 Å². The van der Waals surface area contributed by atoms with E-state index in [0.717, 1.165) is 4.47 Å². The van der Waals surface area contributed by atoms with E-state index in [0.29, 0.717) is 10.2 Å². The van der Waals surface area contributed by atoms with Gasteiger partial charge in [-0.1, -0.05) is 37.9 Å². The third-order valence-electron chi connectivity index (χ3n) is 3.02. The molecule has 132 valence electrons. The quantitative estimate of drug-likeness (QED) is 0.634. The number of esters is 1. The Balaban J connectivity index is 1.84. The molecule has 0 saturated carbocycles. The first kappa shape index (κ1) is 19.4. The first-order valence-corrected chi connectivity index (χ1v) is 8.77. The zero-order valence-electron chi connectivity index (χ0n) is 13.1. The predicted octanol–water partition coefficient (Wildman–Crippen LogP) is 4.30. The second-order valence-electron chi connectivity index (χ2n) is 4.99. The second kappa shape index (κ2) is 8.96. The number of nitrogens with one attached hydrogen (secondary N) is 1. The topological polar surface area (TPSA) is 64.6 Å². The van der Waals surface area contributed by atoms with Crippen LogP contribution in [-0.4, -0.2) is 24.6 Å². The van der Waals surface area contributed by atoms with Crippen LogP contribution in [0.25, 0.3) is 0 Å². The maximum Gasteiger partial charge on any atom is 0.344 e. The molecule has 0 aliphatic carbocycles. The summed E-state index contributed by atoms with van der Waals surface area (Å²) in [4.78, 5) is 23.8. The SMILES string of the molecule is CC(OC(=O)COc1cccc(Br)c1)C(=O)Nc1ccc(Br)cc1F. The van der Waals surface area contributed by atoms with Gasteiger partial charge in [-0.25, -0.2) is 9.18 Å². The van der Waals surface area contributed by atoms with Crippen molar-refractivity contribution < 1.29 is 23.5 Å². The predicted molar refractivity (Wildman–Crippen MR) is 97.9 cm³/mol. The minimum absolute atomic E-state index is 0.00137. The van der Waals surface area contributed by atoms with Crippen LogP contribution in [0.5, 0.6) is 5.75 Å². The molecule has 0 aliphatic rings. The maximum absolute atomic E-state index is 13.7. The highest BCUT2D eigenvalue weighted by Gasteiger charge is 2.19. The first-order chi connectivity index (χ1) is 11.8. The summed E-state index contributed by atoms with van der Waals surface area (Å²) in [6, 6.07) is 11.2. The Kier molecular flexibility index (Phi) is 6.95. The van der Waals surface area contributed by atoms with Gasteiger partial charge in [0.05, 0.1) is 5.69 Å². The van der Waals surface area contributed by atoms with E-state index in [1.54, 1.807) is 24.3 Å². The molecule has 0 heterocycles. The fraction of sp³-hybridized carbons (Fsp3) is 0.176. The van der Waals surface area contributed by atoms with Crippen LogP contribution in [0, 0.1) is 5.82 Å². The third-order valence-corrected chi connectivity index (χ3v) is 4.01. The lowest BCUT2D eigenvalue weighted by Crippen LogP contribution is -2.31. The van der Waals surface area contributed by atoms with Crippen LogP contribution in [0.3, 0.4) is 0 Å². The van der Waals surface area contributed by atoms with Gasteiger partial charge in [-0.15, -0.1) is 0 Å². The highest BCUT2D eigenvalue weighted by Crippen LogP contribution is 2.20. The van der Waals surface area contributed by atoms with E-state index in [1.807, 2.05) is 6.07 Å². The van der Waals surface area contributed by atoms with Gasteiger partial charge in [-0.2, -0.15) is 0 Å². The number of carbonyl (C=O) groups is 2. The Labute approximate surface area is 160 Å². The Morgan fingerprint density at radius 2 is 1.88 bits per heavy atom. The highest BCUT2D eigenvalue weighted by molar-refractivity contribution is 9.10. The van der Waals surface area contributed by atoms with Gasteiger partial charge in [0.2, 0.25) is 0 Å². The van der Waals surface area contributed by atoms with E-state index in [1.165, 1.54) is 19.1 Å². The third kappa shape index (κ3) is 6.13. The molecule has 0 aromatic heterocycles. The van der Waals surface area contributed by atoms with Crippen LogP contribution < -0.4 is 10.1 Å². The van der Waals surface area contributed by atoms with Crippen molar-refractivity contribution in [2.24, 2.45) is 0 Å². The monoisotopic (exact) mass is 473 g/mol. The van der Waals surface area contributed by atoms with Crippen molar-refractivity contribution in [3.05, 3.63) is 57.2 Å². The van der Waals surface area contributed by atoms with Gasteiger partial charge in [0.1, 0.15) is 11.6 Å². The number of amides is 1. The van der Waals surface area contributed by atoms with Crippen molar-refractivity contribution in [3.8, 4) is 5.75 Å². The minimum Gasteiger partial charge on any atom is -0.482 e. The van der Waals surface area contributed by atoms with Crippen molar-refractivity contribution in [1.82, 2.24) is 0 Å². The number of rotatable bonds is 6. The van der Waals surface area contributed by atoms with Crippen LogP contribution in [-0.2, 0) is 14.3 Å². The number of hydrogen-bond donors (Lipinski definition) is 1. The molecule has 0 aliphatic heterocycles. The lowest BCUT2D eigenvalue weighted by molar-refractivity contribution is -0.155. The van der Waals surface area contributed by atoms with Crippen LogP contribution >= 0.6 is 31.9 Å². The Morgan fingerprint density at radius 3 is 2.56 bits per heavy atom. The molecular weight excluding hydrogens is 461 g/mol. The number of halogens is 3. The van der Waals surface area contributed by atoms with Crippen molar-refractivity contribution in [2.75, 3.05) is 11.9 Å². The van der Waals surface area contributed by atoms with Gasteiger partial charge in [-0.05, 0) is 43.3 Å². The Bertz CT molecular complexity index is 785. The van der Waals surface area contributed by atoms with Crippen LogP contribution in [0.2, 0.25) is 0 Å². The summed E-state index contributed by atoms with van der Waals surface area (Å²) >= 11 is 6.41. The molecule has 1 amide bonds. The molecule has 5 nitrogen and oxygen atoms in total. The molecule has 0 fully saturated rings. The molecule has 0 saturated heterocycles. The van der Waals surface area contributed by atoms with Gasteiger partial charge >= 0.3 is 5.97 Å². The number of ether oxygens (including phenoxy) is 2. The maximum atomic E-state index is 13.7. The van der Waals surface area contributed by atoms with Crippen molar-refractivity contribution in [2.45, 2.75) is 13.0 Å². The molecule has 1 unspecified atom stereocenters. The van der Waals surface area contributed by atoms with Gasteiger partial charge < -0.3 is 14.8 Å². The molecule has 2 aromatic rings. The minimum atomic E-state index is -1.10. The molecule has 2 rings (SSSR count). The number of carbonyl (C=O) groups excluding carboxylic acids is 2. The average Bonchev–Trinajstić information content (AvgIpc) is 2.55. The van der Waals surface area contributed by atoms with Crippen LogP contribution in [0.4, 0.5) is 10.1 Å². The number of benzene rings is 2. The van der Waals surface area contributed by atoms with E-state index >= 15 is 0 Å². The normalized spacial score (nSPS) is 11.5. The first-order valence-electron chi connectivity index (χ1n) is 7.19. The molecule has 8 heteroatoms. The van der Waals surface area contributed by atoms with Gasteiger partial charge in [0.25, 0.3) is 5.91 Å². The van der Waals surface area contributed by atoms with Crippen molar-refractivity contribution in [1.29, 1.82) is 0 Å². The van der Waals surface area contributed by atoms with Crippen LogP contribution in [0.1, 0.15) is 6.92 Å². The zero-order chi connectivity index (χ0) is 18.4. The Hall–Kier alpha value is -1.93. The zero-order valence-corrected chi connectivity index (χ0v) is 16.3. The fourth-order valence-electron chi connectivity index (χ4n) is 1.81. The van der Waals surface area contributed by atoms with E-state index in [9.17, 15) is 14.0 Å². The number of hydrogen-bond acceptors (Lipinski definition) is 4. The number of anilines is 1. The molecule has 0 radical (unpaired) electrons. The summed E-state index contributed by atoms with van der Waals surface area (Å²) in [7, 11) is 0. The summed E-state index contributed by atoms with van der Waals surface area (Å²) in [6.07, 6.45) is -1.10.